The number of nitrogens with one attached hydrogen (secondary N) is 1. The zero-order valence-corrected chi connectivity index (χ0v) is 7.78. The highest BCUT2D eigenvalue weighted by molar-refractivity contribution is 5.75. The fraction of sp³-hybridized carbons (Fsp3) is 0.750. The molecule has 0 fully saturated rings. The van der Waals surface area contributed by atoms with Gasteiger partial charge in [0.1, 0.15) is 6.04 Å². The van der Waals surface area contributed by atoms with Crippen molar-refractivity contribution in [1.82, 2.24) is 5.32 Å². The van der Waals surface area contributed by atoms with Gasteiger partial charge in [-0.25, -0.2) is 0 Å². The van der Waals surface area contributed by atoms with Gasteiger partial charge in [0.2, 0.25) is 0 Å². The Morgan fingerprint density at radius 1 is 1.31 bits per heavy atom. The van der Waals surface area contributed by atoms with E-state index in [2.05, 4.69) is 5.32 Å². The van der Waals surface area contributed by atoms with Gasteiger partial charge in [-0.3, -0.25) is 9.59 Å². The molecule has 1 atom stereocenters. The minimum atomic E-state index is -1.00. The molecule has 0 radical (unpaired) electrons. The van der Waals surface area contributed by atoms with Crippen LogP contribution in [0.15, 0.2) is 0 Å². The largest absolute Gasteiger partial charge is 0.481 e. The van der Waals surface area contributed by atoms with Gasteiger partial charge < -0.3 is 15.5 Å². The Kier molecular flexibility index (Phi) is 5.06. The van der Waals surface area contributed by atoms with E-state index in [0.29, 0.717) is 0 Å². The highest BCUT2D eigenvalue weighted by Crippen LogP contribution is 1.99. The van der Waals surface area contributed by atoms with Crippen LogP contribution >= 0.6 is 0 Å². The quantitative estimate of drug-likeness (QED) is 0.559. The van der Waals surface area contributed by atoms with Crippen molar-refractivity contribution in [3.8, 4) is 0 Å². The number of carboxylic acids is 2. The number of rotatable bonds is 6. The summed E-state index contributed by atoms with van der Waals surface area (Å²) in [6.45, 7) is 3.63. The lowest BCUT2D eigenvalue weighted by atomic mass is 10.1. The molecule has 0 aliphatic carbocycles. The second kappa shape index (κ2) is 5.53. The van der Waals surface area contributed by atoms with Crippen molar-refractivity contribution < 1.29 is 19.8 Å². The van der Waals surface area contributed by atoms with Crippen LogP contribution in [0.3, 0.4) is 0 Å². The fourth-order valence-corrected chi connectivity index (χ4v) is 0.948. The number of carboxylic acid groups (broad SMARTS) is 2. The molecule has 5 heteroatoms. The molecule has 0 aromatic carbocycles. The van der Waals surface area contributed by atoms with Crippen LogP contribution in [0.1, 0.15) is 26.7 Å². The molecule has 0 aromatic heterocycles. The van der Waals surface area contributed by atoms with Crippen molar-refractivity contribution in [2.24, 2.45) is 0 Å². The summed E-state index contributed by atoms with van der Waals surface area (Å²) in [5.74, 6) is -1.98. The van der Waals surface area contributed by atoms with Crippen LogP contribution in [0, 0.1) is 0 Å². The summed E-state index contributed by atoms with van der Waals surface area (Å²) in [5, 5.41) is 19.8. The van der Waals surface area contributed by atoms with E-state index in [9.17, 15) is 9.59 Å². The Hall–Kier alpha value is -1.10. The summed E-state index contributed by atoms with van der Waals surface area (Å²) < 4.78 is 0. The molecule has 0 unspecified atom stereocenters. The minimum absolute atomic E-state index is 0.0369. The summed E-state index contributed by atoms with van der Waals surface area (Å²) in [7, 11) is 0. The van der Waals surface area contributed by atoms with Crippen molar-refractivity contribution in [3.63, 3.8) is 0 Å². The van der Waals surface area contributed by atoms with Crippen LogP contribution in [-0.2, 0) is 9.59 Å². The first-order chi connectivity index (χ1) is 5.93. The average Bonchev–Trinajstić information content (AvgIpc) is 1.96. The number of carbonyl (C=O) groups is 2. The van der Waals surface area contributed by atoms with E-state index >= 15 is 0 Å². The Balaban J connectivity index is 3.95. The third kappa shape index (κ3) is 6.10. The molecule has 0 saturated heterocycles. The summed E-state index contributed by atoms with van der Waals surface area (Å²) >= 11 is 0. The van der Waals surface area contributed by atoms with E-state index < -0.39 is 18.0 Å². The maximum atomic E-state index is 10.6. The predicted molar refractivity (Wildman–Crippen MR) is 46.6 cm³/mol. The van der Waals surface area contributed by atoms with Gasteiger partial charge >= 0.3 is 11.9 Å². The molecular formula is C8H15NO4. The van der Waals surface area contributed by atoms with Crippen LogP contribution < -0.4 is 5.32 Å². The first kappa shape index (κ1) is 11.9. The van der Waals surface area contributed by atoms with Crippen LogP contribution in [0.25, 0.3) is 0 Å². The molecule has 13 heavy (non-hydrogen) atoms. The second-order valence-corrected chi connectivity index (χ2v) is 3.14. The predicted octanol–water partition coefficient (Wildman–Crippen LogP) is 0.302. The molecule has 0 bridgehead atoms. The zero-order valence-electron chi connectivity index (χ0n) is 7.78. The van der Waals surface area contributed by atoms with E-state index in [4.69, 9.17) is 10.2 Å². The number of aliphatic carboxylic acids is 2. The van der Waals surface area contributed by atoms with Gasteiger partial charge in [0.15, 0.2) is 0 Å². The Bertz CT molecular complexity index is 191. The van der Waals surface area contributed by atoms with Gasteiger partial charge in [-0.05, 0) is 6.42 Å². The first-order valence-electron chi connectivity index (χ1n) is 4.14. The lowest BCUT2D eigenvalue weighted by Gasteiger charge is -2.15. The van der Waals surface area contributed by atoms with E-state index in [0.717, 1.165) is 0 Å². The molecule has 0 amide bonds. The van der Waals surface area contributed by atoms with Gasteiger partial charge in [0.05, 0.1) is 0 Å². The van der Waals surface area contributed by atoms with Gasteiger partial charge in [0.25, 0.3) is 0 Å². The van der Waals surface area contributed by atoms with Crippen LogP contribution in [-0.4, -0.2) is 34.2 Å². The molecular weight excluding hydrogens is 174 g/mol. The highest BCUT2D eigenvalue weighted by Gasteiger charge is 2.18. The summed E-state index contributed by atoms with van der Waals surface area (Å²) in [4.78, 5) is 20.8. The summed E-state index contributed by atoms with van der Waals surface area (Å²) in [6.07, 6.45) is -0.0144. The van der Waals surface area contributed by atoms with E-state index in [1.165, 1.54) is 0 Å². The maximum absolute atomic E-state index is 10.6. The standard InChI is InChI=1S/C8H15NO4/c1-5(2)9-6(8(12)13)3-4-7(10)11/h5-6,9H,3-4H2,1-2H3,(H,10,11)(H,12,13)/t6-/m0/s1. The lowest BCUT2D eigenvalue weighted by Crippen LogP contribution is -2.41. The van der Waals surface area contributed by atoms with E-state index in [1.54, 1.807) is 0 Å². The zero-order chi connectivity index (χ0) is 10.4. The van der Waals surface area contributed by atoms with Gasteiger partial charge in [0, 0.05) is 12.5 Å². The van der Waals surface area contributed by atoms with Crippen LogP contribution in [0.5, 0.6) is 0 Å². The van der Waals surface area contributed by atoms with E-state index in [1.807, 2.05) is 13.8 Å². The van der Waals surface area contributed by atoms with Gasteiger partial charge in [-0.2, -0.15) is 0 Å². The fourth-order valence-electron chi connectivity index (χ4n) is 0.948. The third-order valence-corrected chi connectivity index (χ3v) is 1.48. The SMILES string of the molecule is CC(C)N[C@@H](CCC(=O)O)C(=O)O. The van der Waals surface area contributed by atoms with Crippen LogP contribution in [0.2, 0.25) is 0 Å². The van der Waals surface area contributed by atoms with E-state index in [-0.39, 0.29) is 18.9 Å². The maximum Gasteiger partial charge on any atom is 0.320 e. The van der Waals surface area contributed by atoms with Crippen molar-refractivity contribution in [2.75, 3.05) is 0 Å². The molecule has 0 aliphatic rings. The average molecular weight is 189 g/mol. The molecule has 0 heterocycles. The molecule has 3 N–H and O–H groups in total. The minimum Gasteiger partial charge on any atom is -0.481 e. The Morgan fingerprint density at radius 2 is 1.85 bits per heavy atom. The molecule has 0 aliphatic heterocycles. The topological polar surface area (TPSA) is 86.6 Å². The molecule has 0 rings (SSSR count). The molecule has 0 spiro atoms. The molecule has 5 nitrogen and oxygen atoms in total. The van der Waals surface area contributed by atoms with Gasteiger partial charge in [-0.1, -0.05) is 13.8 Å². The molecule has 0 saturated carbocycles. The Labute approximate surface area is 76.8 Å². The van der Waals surface area contributed by atoms with Crippen LogP contribution in [0.4, 0.5) is 0 Å². The highest BCUT2D eigenvalue weighted by atomic mass is 16.4. The summed E-state index contributed by atoms with van der Waals surface area (Å²) in [5.41, 5.74) is 0. The smallest absolute Gasteiger partial charge is 0.320 e. The lowest BCUT2D eigenvalue weighted by molar-refractivity contribution is -0.140. The third-order valence-electron chi connectivity index (χ3n) is 1.48. The second-order valence-electron chi connectivity index (χ2n) is 3.14. The van der Waals surface area contributed by atoms with Crippen molar-refractivity contribution in [2.45, 2.75) is 38.8 Å². The normalized spacial score (nSPS) is 12.8. The van der Waals surface area contributed by atoms with Crippen molar-refractivity contribution in [3.05, 3.63) is 0 Å². The summed E-state index contributed by atoms with van der Waals surface area (Å²) in [6, 6.07) is -0.731. The Morgan fingerprint density at radius 3 is 2.15 bits per heavy atom. The monoisotopic (exact) mass is 189 g/mol. The molecule has 0 aromatic rings. The molecule has 76 valence electrons. The van der Waals surface area contributed by atoms with Gasteiger partial charge in [-0.15, -0.1) is 0 Å². The van der Waals surface area contributed by atoms with Crippen molar-refractivity contribution in [1.29, 1.82) is 0 Å². The van der Waals surface area contributed by atoms with Crippen molar-refractivity contribution >= 4 is 11.9 Å². The first-order valence-corrected chi connectivity index (χ1v) is 4.14. The number of hydrogen-bond acceptors (Lipinski definition) is 3. The number of hydrogen-bond donors (Lipinski definition) is 3.